The zero-order valence-corrected chi connectivity index (χ0v) is 22.0. The van der Waals surface area contributed by atoms with Crippen molar-refractivity contribution < 1.29 is 9.90 Å². The van der Waals surface area contributed by atoms with Gasteiger partial charge in [0.15, 0.2) is 0 Å². The van der Waals surface area contributed by atoms with E-state index in [4.69, 9.17) is 0 Å². The summed E-state index contributed by atoms with van der Waals surface area (Å²) in [5.41, 5.74) is 1.34. The van der Waals surface area contributed by atoms with Crippen LogP contribution in [0.5, 0.6) is 0 Å². The number of carbonyl (C=O) groups excluding carboxylic acids is 1. The summed E-state index contributed by atoms with van der Waals surface area (Å²) >= 11 is 0. The van der Waals surface area contributed by atoms with Crippen LogP contribution in [0.25, 0.3) is 0 Å². The molecule has 4 fully saturated rings. The van der Waals surface area contributed by atoms with Gasteiger partial charge in [-0.15, -0.1) is 0 Å². The molecule has 4 nitrogen and oxygen atoms in total. The summed E-state index contributed by atoms with van der Waals surface area (Å²) in [7, 11) is 4.49. The first-order valence-corrected chi connectivity index (χ1v) is 13.9. The van der Waals surface area contributed by atoms with Crippen LogP contribution in [-0.2, 0) is 0 Å². The Morgan fingerprint density at radius 3 is 2.29 bits per heavy atom. The van der Waals surface area contributed by atoms with Crippen LogP contribution in [0.15, 0.2) is 30.3 Å². The fraction of sp³-hybridized carbons (Fsp3) is 0.767. The first kappa shape index (κ1) is 24.3. The van der Waals surface area contributed by atoms with Gasteiger partial charge >= 0.3 is 0 Å². The van der Waals surface area contributed by atoms with Crippen molar-refractivity contribution in [3.63, 3.8) is 0 Å². The molecule has 1 aromatic carbocycles. The Morgan fingerprint density at radius 1 is 0.941 bits per heavy atom. The van der Waals surface area contributed by atoms with Crippen molar-refractivity contribution in [2.45, 2.75) is 90.3 Å². The predicted molar refractivity (Wildman–Crippen MR) is 137 cm³/mol. The van der Waals surface area contributed by atoms with Gasteiger partial charge in [0, 0.05) is 11.6 Å². The second kappa shape index (κ2) is 8.92. The minimum atomic E-state index is -0.439. The van der Waals surface area contributed by atoms with Crippen molar-refractivity contribution in [3.05, 3.63) is 35.9 Å². The Bertz CT molecular complexity index is 887. The first-order valence-electron chi connectivity index (χ1n) is 13.9. The molecule has 10 atom stereocenters. The second-order valence-corrected chi connectivity index (χ2v) is 13.0. The van der Waals surface area contributed by atoms with Crippen molar-refractivity contribution in [1.29, 1.82) is 0 Å². The van der Waals surface area contributed by atoms with E-state index in [1.807, 2.05) is 30.3 Å². The minimum Gasteiger partial charge on any atom is -0.391 e. The van der Waals surface area contributed by atoms with Crippen LogP contribution in [0.4, 0.5) is 0 Å². The lowest BCUT2D eigenvalue weighted by atomic mass is 9.44. The molecule has 0 heterocycles. The maximum Gasteiger partial charge on any atom is 0.251 e. The SMILES string of the molecule is C[C@@H]([C@H]1CC[C@@H]2[C@@H]3CC[C@H]4[C@@H](O)[C@@H](NC(=O)c5ccccc5)CC[C@]4(C)[C@H]3CC[C@@]21C)N(C)C. The molecule has 0 spiro atoms. The van der Waals surface area contributed by atoms with Crippen molar-refractivity contribution in [1.82, 2.24) is 10.2 Å². The molecule has 2 N–H and O–H groups in total. The fourth-order valence-corrected chi connectivity index (χ4v) is 9.53. The second-order valence-electron chi connectivity index (χ2n) is 13.0. The molecule has 0 unspecified atom stereocenters. The molecule has 5 rings (SSSR count). The number of rotatable bonds is 4. The number of nitrogens with one attached hydrogen (secondary N) is 1. The molecule has 34 heavy (non-hydrogen) atoms. The Balaban J connectivity index is 1.31. The zero-order valence-electron chi connectivity index (χ0n) is 22.0. The highest BCUT2D eigenvalue weighted by Gasteiger charge is 2.62. The molecule has 0 saturated heterocycles. The Labute approximate surface area is 206 Å². The van der Waals surface area contributed by atoms with Gasteiger partial charge in [0.25, 0.3) is 5.91 Å². The third-order valence-corrected chi connectivity index (χ3v) is 11.6. The Kier molecular flexibility index (Phi) is 6.38. The van der Waals surface area contributed by atoms with Gasteiger partial charge in [-0.2, -0.15) is 0 Å². The highest BCUT2D eigenvalue weighted by molar-refractivity contribution is 5.94. The number of hydrogen-bond donors (Lipinski definition) is 2. The van der Waals surface area contributed by atoms with E-state index in [9.17, 15) is 9.90 Å². The van der Waals surface area contributed by atoms with Crippen molar-refractivity contribution in [2.75, 3.05) is 14.1 Å². The topological polar surface area (TPSA) is 52.6 Å². The molecule has 0 bridgehead atoms. The van der Waals surface area contributed by atoms with Crippen LogP contribution in [-0.4, -0.2) is 48.2 Å². The molecular formula is C30H46N2O2. The number of aliphatic hydroxyl groups is 1. The molecule has 4 saturated carbocycles. The van der Waals surface area contributed by atoms with Crippen molar-refractivity contribution in [3.8, 4) is 0 Å². The number of nitrogens with zero attached hydrogens (tertiary/aromatic N) is 1. The lowest BCUT2D eigenvalue weighted by Gasteiger charge is -2.62. The molecule has 188 valence electrons. The van der Waals surface area contributed by atoms with Gasteiger partial charge in [-0.25, -0.2) is 0 Å². The Morgan fingerprint density at radius 2 is 1.59 bits per heavy atom. The van der Waals surface area contributed by atoms with Crippen LogP contribution in [0, 0.1) is 40.4 Å². The number of amides is 1. The van der Waals surface area contributed by atoms with E-state index in [1.165, 1.54) is 32.1 Å². The summed E-state index contributed by atoms with van der Waals surface area (Å²) < 4.78 is 0. The van der Waals surface area contributed by atoms with E-state index in [2.05, 4.69) is 45.1 Å². The summed E-state index contributed by atoms with van der Waals surface area (Å²) in [6, 6.07) is 9.94. The van der Waals surface area contributed by atoms with Gasteiger partial charge in [0.1, 0.15) is 0 Å². The highest BCUT2D eigenvalue weighted by Crippen LogP contribution is 2.67. The number of aliphatic hydroxyl groups excluding tert-OH is 1. The standard InChI is InChI=1S/C30H46N2O2/c1-19(32(4)5)22-13-14-23-21-11-12-25-27(33)26(31-28(34)20-9-7-6-8-10-20)16-18-30(25,3)24(21)15-17-29(22,23)2/h6-10,19,21-27,33H,11-18H2,1-5H3,(H,31,34)/t19-,21-,22+,23+,24-,25-,26-,27+,29+,30+/m0/s1. The van der Waals surface area contributed by atoms with Crippen LogP contribution in [0.2, 0.25) is 0 Å². The third kappa shape index (κ3) is 3.75. The van der Waals surface area contributed by atoms with E-state index in [0.29, 0.717) is 22.9 Å². The lowest BCUT2D eigenvalue weighted by molar-refractivity contribution is -0.152. The first-order chi connectivity index (χ1) is 16.2. The smallest absolute Gasteiger partial charge is 0.251 e. The van der Waals surface area contributed by atoms with Gasteiger partial charge < -0.3 is 15.3 Å². The Hall–Kier alpha value is -1.39. The third-order valence-electron chi connectivity index (χ3n) is 11.6. The summed E-state index contributed by atoms with van der Waals surface area (Å²) in [6.45, 7) is 7.54. The van der Waals surface area contributed by atoms with E-state index in [1.54, 1.807) is 0 Å². The van der Waals surface area contributed by atoms with Crippen LogP contribution in [0.1, 0.15) is 82.5 Å². The summed E-state index contributed by atoms with van der Waals surface area (Å²) in [5.74, 6) is 3.41. The van der Waals surface area contributed by atoms with E-state index >= 15 is 0 Å². The van der Waals surface area contributed by atoms with E-state index < -0.39 is 6.10 Å². The molecule has 0 aromatic heterocycles. The predicted octanol–water partition coefficient (Wildman–Crippen LogP) is 5.36. The van der Waals surface area contributed by atoms with Crippen molar-refractivity contribution in [2.24, 2.45) is 40.4 Å². The summed E-state index contributed by atoms with van der Waals surface area (Å²) in [6.07, 6.45) is 9.35. The van der Waals surface area contributed by atoms with Gasteiger partial charge in [0.2, 0.25) is 0 Å². The van der Waals surface area contributed by atoms with Crippen LogP contribution >= 0.6 is 0 Å². The largest absolute Gasteiger partial charge is 0.391 e. The number of hydrogen-bond acceptors (Lipinski definition) is 3. The molecule has 0 aliphatic heterocycles. The van der Waals surface area contributed by atoms with Crippen molar-refractivity contribution >= 4 is 5.91 Å². The van der Waals surface area contributed by atoms with E-state index in [-0.39, 0.29) is 17.4 Å². The fourth-order valence-electron chi connectivity index (χ4n) is 9.53. The maximum atomic E-state index is 12.8. The van der Waals surface area contributed by atoms with E-state index in [0.717, 1.165) is 42.9 Å². The summed E-state index contributed by atoms with van der Waals surface area (Å²) in [4.78, 5) is 15.2. The highest BCUT2D eigenvalue weighted by atomic mass is 16.3. The monoisotopic (exact) mass is 466 g/mol. The number of benzene rings is 1. The molecule has 4 aliphatic carbocycles. The quantitative estimate of drug-likeness (QED) is 0.628. The molecule has 0 radical (unpaired) electrons. The zero-order chi connectivity index (χ0) is 24.3. The molecule has 4 aliphatic rings. The minimum absolute atomic E-state index is 0.0534. The number of fused-ring (bicyclic) bond motifs is 5. The molecular weight excluding hydrogens is 420 g/mol. The van der Waals surface area contributed by atoms with Crippen LogP contribution in [0.3, 0.4) is 0 Å². The maximum absolute atomic E-state index is 12.8. The van der Waals surface area contributed by atoms with Gasteiger partial charge in [-0.1, -0.05) is 32.0 Å². The molecule has 1 amide bonds. The average molecular weight is 467 g/mol. The van der Waals surface area contributed by atoms with Gasteiger partial charge in [0.05, 0.1) is 12.1 Å². The van der Waals surface area contributed by atoms with Gasteiger partial charge in [-0.05, 0) is 125 Å². The number of carbonyl (C=O) groups is 1. The van der Waals surface area contributed by atoms with Gasteiger partial charge in [-0.3, -0.25) is 4.79 Å². The molecule has 4 heteroatoms. The normalized spacial score (nSPS) is 44.6. The average Bonchev–Trinajstić information content (AvgIpc) is 3.18. The summed E-state index contributed by atoms with van der Waals surface area (Å²) in [5, 5.41) is 14.7. The lowest BCUT2D eigenvalue weighted by Crippen LogP contribution is -2.61. The van der Waals surface area contributed by atoms with Crippen LogP contribution < -0.4 is 5.32 Å². The molecule has 1 aromatic rings.